The highest BCUT2D eigenvalue weighted by atomic mass is 16.5. The zero-order valence-electron chi connectivity index (χ0n) is 16.2. The lowest BCUT2D eigenvalue weighted by atomic mass is 10.1. The number of carbonyl (C=O) groups excluding carboxylic acids is 1. The first kappa shape index (κ1) is 18.6. The van der Waals surface area contributed by atoms with E-state index >= 15 is 0 Å². The molecule has 6 nitrogen and oxygen atoms in total. The molecule has 2 heterocycles. The number of aromatic nitrogens is 3. The van der Waals surface area contributed by atoms with Gasteiger partial charge in [0.15, 0.2) is 0 Å². The predicted octanol–water partition coefficient (Wildman–Crippen LogP) is 4.59. The fourth-order valence-corrected chi connectivity index (χ4v) is 3.20. The Hall–Kier alpha value is -3.80. The van der Waals surface area contributed by atoms with E-state index in [1.165, 1.54) is 0 Å². The number of aryl methyl sites for hydroxylation is 2. The van der Waals surface area contributed by atoms with Crippen molar-refractivity contribution in [2.24, 2.45) is 0 Å². The first-order valence-electron chi connectivity index (χ1n) is 9.29. The van der Waals surface area contributed by atoms with Crippen LogP contribution in [0.2, 0.25) is 0 Å². The highest BCUT2D eigenvalue weighted by molar-refractivity contribution is 6.04. The van der Waals surface area contributed by atoms with Gasteiger partial charge in [0.2, 0.25) is 11.7 Å². The number of amides is 1. The summed E-state index contributed by atoms with van der Waals surface area (Å²) in [5.74, 6) is 0.844. The van der Waals surface area contributed by atoms with Crippen LogP contribution in [-0.2, 0) is 6.42 Å². The van der Waals surface area contributed by atoms with Crippen molar-refractivity contribution >= 4 is 11.6 Å². The van der Waals surface area contributed by atoms with Crippen molar-refractivity contribution in [1.82, 2.24) is 15.1 Å². The van der Waals surface area contributed by atoms with E-state index < -0.39 is 0 Å². The van der Waals surface area contributed by atoms with Crippen molar-refractivity contribution in [3.05, 3.63) is 95.1 Å². The fraction of sp³-hybridized carbons (Fsp3) is 0.130. The van der Waals surface area contributed by atoms with Crippen molar-refractivity contribution in [2.45, 2.75) is 20.3 Å². The number of nitrogens with zero attached hydrogens (tertiary/aromatic N) is 3. The third-order valence-electron chi connectivity index (χ3n) is 4.50. The topological polar surface area (TPSA) is 80.9 Å². The van der Waals surface area contributed by atoms with E-state index in [0.717, 1.165) is 27.9 Å². The molecule has 4 rings (SSSR count). The van der Waals surface area contributed by atoms with Gasteiger partial charge in [-0.05, 0) is 49.7 Å². The van der Waals surface area contributed by atoms with Crippen LogP contribution in [-0.4, -0.2) is 21.0 Å². The molecule has 0 bridgehead atoms. The van der Waals surface area contributed by atoms with Crippen LogP contribution >= 0.6 is 0 Å². The van der Waals surface area contributed by atoms with Gasteiger partial charge in [0.25, 0.3) is 5.91 Å². The summed E-state index contributed by atoms with van der Waals surface area (Å²) >= 11 is 0. The molecule has 0 spiro atoms. The van der Waals surface area contributed by atoms with Crippen LogP contribution in [0, 0.1) is 13.8 Å². The molecule has 4 aromatic rings. The minimum Gasteiger partial charge on any atom is -0.339 e. The van der Waals surface area contributed by atoms with Crippen LogP contribution in [0.15, 0.2) is 71.5 Å². The van der Waals surface area contributed by atoms with Gasteiger partial charge in [-0.15, -0.1) is 0 Å². The summed E-state index contributed by atoms with van der Waals surface area (Å²) in [6.07, 6.45) is 3.79. The standard InChI is InChI=1S/C23H20N4O2/c1-15-11-16(2)13-19(12-15)23(28)25-20-6-4-3-5-18(20)14-21-26-22(27-29-21)17-7-9-24-10-8-17/h3-13H,14H2,1-2H3,(H,25,28). The monoisotopic (exact) mass is 384 g/mol. The summed E-state index contributed by atoms with van der Waals surface area (Å²) in [6, 6.07) is 17.1. The van der Waals surface area contributed by atoms with E-state index in [2.05, 4.69) is 20.4 Å². The van der Waals surface area contributed by atoms with Gasteiger partial charge in [-0.25, -0.2) is 0 Å². The molecule has 0 saturated carbocycles. The van der Waals surface area contributed by atoms with Gasteiger partial charge >= 0.3 is 0 Å². The number of rotatable bonds is 5. The second-order valence-corrected chi connectivity index (χ2v) is 6.91. The molecule has 0 unspecified atom stereocenters. The minimum absolute atomic E-state index is 0.146. The van der Waals surface area contributed by atoms with Crippen LogP contribution in [0.4, 0.5) is 5.69 Å². The Morgan fingerprint density at radius 2 is 1.72 bits per heavy atom. The second kappa shape index (κ2) is 8.06. The number of hydrogen-bond donors (Lipinski definition) is 1. The molecule has 144 valence electrons. The smallest absolute Gasteiger partial charge is 0.255 e. The van der Waals surface area contributed by atoms with Gasteiger partial charge in [0.1, 0.15) is 0 Å². The molecule has 2 aromatic carbocycles. The molecule has 1 amide bonds. The molecule has 0 saturated heterocycles. The normalized spacial score (nSPS) is 10.7. The largest absolute Gasteiger partial charge is 0.339 e. The first-order chi connectivity index (χ1) is 14.1. The maximum Gasteiger partial charge on any atom is 0.255 e. The summed E-state index contributed by atoms with van der Waals surface area (Å²) in [5, 5.41) is 7.04. The lowest BCUT2D eigenvalue weighted by Gasteiger charge is -2.11. The lowest BCUT2D eigenvalue weighted by Crippen LogP contribution is -2.14. The van der Waals surface area contributed by atoms with Gasteiger partial charge < -0.3 is 9.84 Å². The summed E-state index contributed by atoms with van der Waals surface area (Å²) in [6.45, 7) is 3.96. The molecule has 0 aliphatic rings. The van der Waals surface area contributed by atoms with Gasteiger partial charge in [0.05, 0.1) is 6.42 Å². The fourth-order valence-electron chi connectivity index (χ4n) is 3.20. The minimum atomic E-state index is -0.146. The molecule has 0 fully saturated rings. The van der Waals surface area contributed by atoms with Gasteiger partial charge in [-0.2, -0.15) is 4.98 Å². The van der Waals surface area contributed by atoms with Crippen LogP contribution in [0.1, 0.15) is 32.9 Å². The number of nitrogens with one attached hydrogen (secondary N) is 1. The molecule has 0 aliphatic heterocycles. The van der Waals surface area contributed by atoms with Gasteiger partial charge in [-0.1, -0.05) is 40.5 Å². The Labute approximate surface area is 168 Å². The van der Waals surface area contributed by atoms with Crippen molar-refractivity contribution in [2.75, 3.05) is 5.32 Å². The summed E-state index contributed by atoms with van der Waals surface area (Å²) < 4.78 is 5.40. The maximum atomic E-state index is 12.7. The number of hydrogen-bond acceptors (Lipinski definition) is 5. The van der Waals surface area contributed by atoms with Crippen LogP contribution in [0.25, 0.3) is 11.4 Å². The average molecular weight is 384 g/mol. The first-order valence-corrected chi connectivity index (χ1v) is 9.29. The lowest BCUT2D eigenvalue weighted by molar-refractivity contribution is 0.102. The van der Waals surface area contributed by atoms with Gasteiger partial charge in [-0.3, -0.25) is 9.78 Å². The van der Waals surface area contributed by atoms with E-state index in [1.807, 2.05) is 68.4 Å². The molecule has 0 aliphatic carbocycles. The molecular weight excluding hydrogens is 364 g/mol. The summed E-state index contributed by atoms with van der Waals surface area (Å²) in [7, 11) is 0. The molecule has 1 N–H and O–H groups in total. The van der Waals surface area contributed by atoms with E-state index in [1.54, 1.807) is 12.4 Å². The zero-order valence-corrected chi connectivity index (χ0v) is 16.2. The number of benzene rings is 2. The molecule has 6 heteroatoms. The SMILES string of the molecule is Cc1cc(C)cc(C(=O)Nc2ccccc2Cc2nc(-c3ccncc3)no2)c1. The Bertz CT molecular complexity index is 1130. The Balaban J connectivity index is 1.54. The Kier molecular flexibility index (Phi) is 5.16. The van der Waals surface area contributed by atoms with Crippen molar-refractivity contribution in [3.8, 4) is 11.4 Å². The predicted molar refractivity (Wildman–Crippen MR) is 111 cm³/mol. The maximum absolute atomic E-state index is 12.7. The molecule has 29 heavy (non-hydrogen) atoms. The molecular formula is C23H20N4O2. The van der Waals surface area contributed by atoms with Crippen LogP contribution in [0.5, 0.6) is 0 Å². The average Bonchev–Trinajstić information content (AvgIpc) is 3.18. The third kappa shape index (κ3) is 4.38. The second-order valence-electron chi connectivity index (χ2n) is 6.91. The summed E-state index contributed by atoms with van der Waals surface area (Å²) in [4.78, 5) is 21.2. The van der Waals surface area contributed by atoms with E-state index in [9.17, 15) is 4.79 Å². The van der Waals surface area contributed by atoms with E-state index in [-0.39, 0.29) is 5.91 Å². The number of carbonyl (C=O) groups is 1. The van der Waals surface area contributed by atoms with Gasteiger partial charge in [0, 0.05) is 29.2 Å². The Morgan fingerprint density at radius 1 is 1.00 bits per heavy atom. The molecule has 2 aromatic heterocycles. The van der Waals surface area contributed by atoms with Crippen LogP contribution in [0.3, 0.4) is 0 Å². The van der Waals surface area contributed by atoms with E-state index in [4.69, 9.17) is 4.52 Å². The molecule has 0 radical (unpaired) electrons. The number of pyridine rings is 1. The van der Waals surface area contributed by atoms with Crippen LogP contribution < -0.4 is 5.32 Å². The van der Waals surface area contributed by atoms with E-state index in [0.29, 0.717) is 23.7 Å². The quantitative estimate of drug-likeness (QED) is 0.544. The van der Waals surface area contributed by atoms with Crippen molar-refractivity contribution in [1.29, 1.82) is 0 Å². The zero-order chi connectivity index (χ0) is 20.2. The molecule has 0 atom stereocenters. The highest BCUT2D eigenvalue weighted by Gasteiger charge is 2.14. The number of para-hydroxylation sites is 1. The van der Waals surface area contributed by atoms with Crippen molar-refractivity contribution < 1.29 is 9.32 Å². The third-order valence-corrected chi connectivity index (χ3v) is 4.50. The Morgan fingerprint density at radius 3 is 2.48 bits per heavy atom. The highest BCUT2D eigenvalue weighted by Crippen LogP contribution is 2.22. The van der Waals surface area contributed by atoms with Crippen molar-refractivity contribution in [3.63, 3.8) is 0 Å². The number of anilines is 1. The summed E-state index contributed by atoms with van der Waals surface area (Å²) in [5.41, 5.74) is 5.20.